The van der Waals surface area contributed by atoms with E-state index in [1.165, 1.54) is 0 Å². The molecule has 4 aromatic rings. The van der Waals surface area contributed by atoms with Crippen molar-refractivity contribution in [2.75, 3.05) is 0 Å². The molecule has 1 amide bonds. The number of carbonyl (C=O) groups is 1. The fourth-order valence-electron chi connectivity index (χ4n) is 4.39. The molecule has 2 aromatic carbocycles. The maximum Gasteiger partial charge on any atom is 0.287 e. The topological polar surface area (TPSA) is 104 Å². The van der Waals surface area contributed by atoms with Crippen LogP contribution in [0.2, 0.25) is 0 Å². The Morgan fingerprint density at radius 3 is 2.68 bits per heavy atom. The number of nitrogens with one attached hydrogen (secondary N) is 3. The molecule has 31 heavy (non-hydrogen) atoms. The maximum absolute atomic E-state index is 12.7. The lowest BCUT2D eigenvalue weighted by Gasteiger charge is -2.20. The molecule has 5 rings (SSSR count). The molecule has 0 bridgehead atoms. The van der Waals surface area contributed by atoms with E-state index in [9.17, 15) is 9.59 Å². The second-order valence-corrected chi connectivity index (χ2v) is 8.19. The predicted molar refractivity (Wildman–Crippen MR) is 118 cm³/mol. The molecule has 0 aliphatic heterocycles. The molecule has 1 atom stereocenters. The van der Waals surface area contributed by atoms with Crippen LogP contribution in [0.4, 0.5) is 0 Å². The molecule has 0 spiro atoms. The largest absolute Gasteiger partial charge is 0.343 e. The Morgan fingerprint density at radius 2 is 1.94 bits per heavy atom. The Bertz CT molecular complexity index is 1300. The van der Waals surface area contributed by atoms with Gasteiger partial charge >= 0.3 is 0 Å². The number of imidazole rings is 1. The molecule has 2 aromatic heterocycles. The number of aromatic nitrogens is 4. The van der Waals surface area contributed by atoms with Gasteiger partial charge in [0.15, 0.2) is 5.82 Å². The number of hydrogen-bond donors (Lipinski definition) is 3. The van der Waals surface area contributed by atoms with Crippen molar-refractivity contribution < 1.29 is 9.59 Å². The summed E-state index contributed by atoms with van der Waals surface area (Å²) in [7, 11) is 0. The minimum Gasteiger partial charge on any atom is -0.343 e. The second-order valence-electron chi connectivity index (χ2n) is 8.19. The number of fused-ring (bicyclic) bond motifs is 2. The zero-order valence-corrected chi connectivity index (χ0v) is 17.2. The summed E-state index contributed by atoms with van der Waals surface area (Å²) in [4.78, 5) is 31.3. The summed E-state index contributed by atoms with van der Waals surface area (Å²) in [6, 6.07) is 13.6. The van der Waals surface area contributed by atoms with E-state index < -0.39 is 0 Å². The number of rotatable bonds is 4. The standard InChI is InChI=1S/C24H23N5O2/c1-14(16-5-3-2-4-6-16)25-24(31)23-26-20-11-18-19(12-21(20)27-23)28-29-22(18)17-9-7-15(13-30)8-10-17/h2-6,11-12,14,17H,7-10H2,1H3,(H,25,31)(H,26,27)(H,28,29). The molecule has 1 aliphatic rings. The van der Waals surface area contributed by atoms with Crippen molar-refractivity contribution in [3.63, 3.8) is 0 Å². The van der Waals surface area contributed by atoms with Crippen molar-refractivity contribution in [3.05, 3.63) is 65.1 Å². The summed E-state index contributed by atoms with van der Waals surface area (Å²) in [6.45, 7) is 1.95. The van der Waals surface area contributed by atoms with Crippen LogP contribution in [0.15, 0.2) is 48.0 Å². The molecule has 0 saturated heterocycles. The summed E-state index contributed by atoms with van der Waals surface area (Å²) in [5.41, 5.74) is 5.34. The maximum atomic E-state index is 12.7. The minimum absolute atomic E-state index is 0.121. The summed E-state index contributed by atoms with van der Waals surface area (Å²) < 4.78 is 0. The normalized spacial score (nSPS) is 17.6. The number of amides is 1. The highest BCUT2D eigenvalue weighted by Crippen LogP contribution is 2.37. The van der Waals surface area contributed by atoms with Gasteiger partial charge in [0.05, 0.1) is 28.3 Å². The Labute approximate surface area is 179 Å². The molecule has 7 heteroatoms. The molecular formula is C24H23N5O2. The van der Waals surface area contributed by atoms with E-state index in [2.05, 4.69) is 31.4 Å². The van der Waals surface area contributed by atoms with Gasteiger partial charge in [0, 0.05) is 16.9 Å². The van der Waals surface area contributed by atoms with Crippen molar-refractivity contribution in [2.45, 2.75) is 44.6 Å². The van der Waals surface area contributed by atoms with Gasteiger partial charge in [-0.3, -0.25) is 9.89 Å². The van der Waals surface area contributed by atoms with E-state index in [0.29, 0.717) is 11.7 Å². The van der Waals surface area contributed by atoms with Gasteiger partial charge < -0.3 is 10.3 Å². The van der Waals surface area contributed by atoms with E-state index in [-0.39, 0.29) is 11.9 Å². The Hall–Kier alpha value is -3.70. The highest BCUT2D eigenvalue weighted by molar-refractivity contribution is 5.99. The van der Waals surface area contributed by atoms with Crippen molar-refractivity contribution in [2.24, 2.45) is 0 Å². The fraction of sp³-hybridized carbons (Fsp3) is 0.292. The zero-order chi connectivity index (χ0) is 21.4. The minimum atomic E-state index is -0.241. The summed E-state index contributed by atoms with van der Waals surface area (Å²) in [5.74, 6) is 2.41. The smallest absolute Gasteiger partial charge is 0.287 e. The number of aromatic amines is 2. The van der Waals surface area contributed by atoms with E-state index in [0.717, 1.165) is 64.5 Å². The lowest BCUT2D eigenvalue weighted by Crippen LogP contribution is -2.27. The van der Waals surface area contributed by atoms with E-state index in [1.54, 1.807) is 0 Å². The third-order valence-electron chi connectivity index (χ3n) is 6.18. The molecule has 156 valence electrons. The van der Waals surface area contributed by atoms with E-state index in [1.807, 2.05) is 49.4 Å². The monoisotopic (exact) mass is 413 g/mol. The van der Waals surface area contributed by atoms with Crippen LogP contribution >= 0.6 is 0 Å². The van der Waals surface area contributed by atoms with Gasteiger partial charge in [-0.2, -0.15) is 5.10 Å². The van der Waals surface area contributed by atoms with Crippen LogP contribution in [-0.2, 0) is 4.79 Å². The van der Waals surface area contributed by atoms with Crippen molar-refractivity contribution in [3.8, 4) is 0 Å². The van der Waals surface area contributed by atoms with Gasteiger partial charge in [-0.1, -0.05) is 30.3 Å². The van der Waals surface area contributed by atoms with Crippen LogP contribution in [0.3, 0.4) is 0 Å². The number of hydrogen-bond acceptors (Lipinski definition) is 4. The number of allylic oxidation sites excluding steroid dienone is 1. The van der Waals surface area contributed by atoms with Gasteiger partial charge in [-0.05, 0) is 50.3 Å². The molecule has 7 nitrogen and oxygen atoms in total. The molecule has 1 fully saturated rings. The molecule has 1 aliphatic carbocycles. The van der Waals surface area contributed by atoms with Gasteiger partial charge in [0.25, 0.3) is 5.91 Å². The van der Waals surface area contributed by atoms with Crippen LogP contribution in [0, 0.1) is 0 Å². The lowest BCUT2D eigenvalue weighted by molar-refractivity contribution is 0.0930. The van der Waals surface area contributed by atoms with E-state index in [4.69, 9.17) is 0 Å². The SMILES string of the molecule is CC(NC(=O)c1nc2cc3c(C4CCC(=C=O)CC4)n[nH]c3cc2[nH]1)c1ccccc1. The zero-order valence-electron chi connectivity index (χ0n) is 17.2. The summed E-state index contributed by atoms with van der Waals surface area (Å²) in [6.07, 6.45) is 3.34. The van der Waals surface area contributed by atoms with Crippen LogP contribution in [0.1, 0.15) is 66.4 Å². The van der Waals surface area contributed by atoms with E-state index >= 15 is 0 Å². The fourth-order valence-corrected chi connectivity index (χ4v) is 4.39. The van der Waals surface area contributed by atoms with Crippen molar-refractivity contribution in [1.29, 1.82) is 0 Å². The first kappa shape index (κ1) is 19.3. The van der Waals surface area contributed by atoms with Crippen molar-refractivity contribution in [1.82, 2.24) is 25.5 Å². The number of H-pyrrole nitrogens is 2. The molecule has 3 N–H and O–H groups in total. The highest BCUT2D eigenvalue weighted by Gasteiger charge is 2.24. The quantitative estimate of drug-likeness (QED) is 0.433. The second kappa shape index (κ2) is 7.85. The number of benzene rings is 2. The molecule has 1 saturated carbocycles. The Kier molecular flexibility index (Phi) is 4.88. The molecular weight excluding hydrogens is 390 g/mol. The predicted octanol–water partition coefficient (Wildman–Crippen LogP) is 4.35. The van der Waals surface area contributed by atoms with Gasteiger partial charge in [-0.25, -0.2) is 9.78 Å². The lowest BCUT2D eigenvalue weighted by atomic mass is 9.83. The van der Waals surface area contributed by atoms with Crippen LogP contribution in [0.5, 0.6) is 0 Å². The third-order valence-corrected chi connectivity index (χ3v) is 6.18. The number of nitrogens with zero attached hydrogens (tertiary/aromatic N) is 2. The third kappa shape index (κ3) is 3.64. The van der Waals surface area contributed by atoms with Gasteiger partial charge in [0.2, 0.25) is 0 Å². The first-order valence-corrected chi connectivity index (χ1v) is 10.6. The number of carbonyl (C=O) groups excluding carboxylic acids is 2. The van der Waals surface area contributed by atoms with Gasteiger partial charge in [-0.15, -0.1) is 0 Å². The molecule has 0 radical (unpaired) electrons. The average Bonchev–Trinajstić information content (AvgIpc) is 3.41. The molecule has 1 unspecified atom stereocenters. The van der Waals surface area contributed by atoms with Crippen LogP contribution < -0.4 is 5.32 Å². The first-order chi connectivity index (χ1) is 15.1. The van der Waals surface area contributed by atoms with Gasteiger partial charge in [0.1, 0.15) is 5.94 Å². The Morgan fingerprint density at radius 1 is 1.16 bits per heavy atom. The van der Waals surface area contributed by atoms with Crippen molar-refractivity contribution >= 4 is 33.8 Å². The molecule has 2 heterocycles. The highest BCUT2D eigenvalue weighted by atomic mass is 16.2. The summed E-state index contributed by atoms with van der Waals surface area (Å²) >= 11 is 0. The Balaban J connectivity index is 1.41. The summed E-state index contributed by atoms with van der Waals surface area (Å²) in [5, 5.41) is 11.7. The average molecular weight is 413 g/mol. The first-order valence-electron chi connectivity index (χ1n) is 10.6. The van der Waals surface area contributed by atoms with Crippen LogP contribution in [0.25, 0.3) is 21.9 Å². The van der Waals surface area contributed by atoms with Crippen LogP contribution in [-0.4, -0.2) is 32.0 Å².